The van der Waals surface area contributed by atoms with E-state index in [4.69, 9.17) is 23.2 Å². The van der Waals surface area contributed by atoms with Gasteiger partial charge in [-0.1, -0.05) is 70.9 Å². The molecule has 10 heteroatoms. The smallest absolute Gasteiger partial charge is 0.267 e. The van der Waals surface area contributed by atoms with Crippen molar-refractivity contribution >= 4 is 57.0 Å². The van der Waals surface area contributed by atoms with E-state index in [2.05, 4.69) is 10.1 Å². The SMILES string of the molecule is O=C1c2sc3nc(=O)c(-c4ccccc4)nn3c2C(=O)N1c1cccc(Cl)c1Cl. The van der Waals surface area contributed by atoms with Crippen molar-refractivity contribution in [2.24, 2.45) is 0 Å². The van der Waals surface area contributed by atoms with Crippen LogP contribution in [0.15, 0.2) is 53.3 Å². The van der Waals surface area contributed by atoms with Crippen molar-refractivity contribution in [2.75, 3.05) is 4.90 Å². The van der Waals surface area contributed by atoms with Crippen molar-refractivity contribution in [2.45, 2.75) is 0 Å². The lowest BCUT2D eigenvalue weighted by atomic mass is 10.2. The van der Waals surface area contributed by atoms with E-state index in [1.165, 1.54) is 10.6 Å². The highest BCUT2D eigenvalue weighted by Gasteiger charge is 2.42. The van der Waals surface area contributed by atoms with Gasteiger partial charge in [0.1, 0.15) is 4.88 Å². The fourth-order valence-corrected chi connectivity index (χ4v) is 4.47. The summed E-state index contributed by atoms with van der Waals surface area (Å²) in [4.78, 5) is 43.7. The highest BCUT2D eigenvalue weighted by molar-refractivity contribution is 7.19. The second-order valence-corrected chi connectivity index (χ2v) is 7.89. The second-order valence-electron chi connectivity index (χ2n) is 6.12. The van der Waals surface area contributed by atoms with E-state index in [0.717, 1.165) is 16.2 Å². The third-order valence-electron chi connectivity index (χ3n) is 4.42. The normalized spacial score (nSPS) is 13.4. The molecule has 2 aromatic heterocycles. The van der Waals surface area contributed by atoms with Crippen molar-refractivity contribution in [1.82, 2.24) is 14.6 Å². The minimum atomic E-state index is -0.614. The molecule has 1 aliphatic rings. The summed E-state index contributed by atoms with van der Waals surface area (Å²) in [7, 11) is 0. The monoisotopic (exact) mass is 442 g/mol. The molecule has 0 fully saturated rings. The quantitative estimate of drug-likeness (QED) is 0.439. The first-order valence-corrected chi connectivity index (χ1v) is 9.86. The summed E-state index contributed by atoms with van der Waals surface area (Å²) in [6.45, 7) is 0. The van der Waals surface area contributed by atoms with Gasteiger partial charge < -0.3 is 0 Å². The Morgan fingerprint density at radius 1 is 0.897 bits per heavy atom. The summed E-state index contributed by atoms with van der Waals surface area (Å²) in [5, 5.41) is 4.64. The molecule has 0 N–H and O–H groups in total. The van der Waals surface area contributed by atoms with Crippen LogP contribution in [-0.2, 0) is 0 Å². The van der Waals surface area contributed by atoms with Crippen LogP contribution in [0.1, 0.15) is 20.2 Å². The topological polar surface area (TPSA) is 84.6 Å². The molecule has 0 saturated carbocycles. The van der Waals surface area contributed by atoms with Gasteiger partial charge in [-0.3, -0.25) is 14.4 Å². The minimum Gasteiger partial charge on any atom is -0.267 e. The lowest BCUT2D eigenvalue weighted by Crippen LogP contribution is -2.30. The van der Waals surface area contributed by atoms with Crippen LogP contribution in [0.5, 0.6) is 0 Å². The number of hydrogen-bond acceptors (Lipinski definition) is 6. The Morgan fingerprint density at radius 3 is 2.41 bits per heavy atom. The third kappa shape index (κ3) is 2.61. The fraction of sp³-hybridized carbons (Fsp3) is 0. The number of carbonyl (C=O) groups is 2. The number of nitrogens with zero attached hydrogens (tertiary/aromatic N) is 4. The van der Waals surface area contributed by atoms with Crippen LogP contribution in [0.2, 0.25) is 10.0 Å². The highest BCUT2D eigenvalue weighted by atomic mass is 35.5. The molecule has 142 valence electrons. The number of fused-ring (bicyclic) bond motifs is 3. The Labute approximate surface area is 176 Å². The zero-order valence-electron chi connectivity index (χ0n) is 14.3. The van der Waals surface area contributed by atoms with Gasteiger partial charge in [0, 0.05) is 5.56 Å². The van der Waals surface area contributed by atoms with Crippen molar-refractivity contribution in [3.8, 4) is 11.3 Å². The number of carbonyl (C=O) groups excluding carboxylic acids is 2. The average Bonchev–Trinajstić information content (AvgIpc) is 3.19. The van der Waals surface area contributed by atoms with Gasteiger partial charge in [0.15, 0.2) is 11.4 Å². The van der Waals surface area contributed by atoms with E-state index in [9.17, 15) is 14.4 Å². The molecule has 29 heavy (non-hydrogen) atoms. The number of imide groups is 1. The Morgan fingerprint density at radius 2 is 1.66 bits per heavy atom. The van der Waals surface area contributed by atoms with E-state index in [-0.39, 0.29) is 37.0 Å². The van der Waals surface area contributed by atoms with Gasteiger partial charge in [0.25, 0.3) is 11.8 Å². The summed E-state index contributed by atoms with van der Waals surface area (Å²) >= 11 is 13.2. The van der Waals surface area contributed by atoms with Gasteiger partial charge in [0.2, 0.25) is 4.96 Å². The Balaban J connectivity index is 1.71. The molecule has 0 aliphatic carbocycles. The molecule has 0 unspecified atom stereocenters. The summed E-state index contributed by atoms with van der Waals surface area (Å²) in [5.41, 5.74) is 0.332. The van der Waals surface area contributed by atoms with Crippen LogP contribution in [0.3, 0.4) is 0 Å². The highest BCUT2D eigenvalue weighted by Crippen LogP contribution is 2.39. The first-order valence-electron chi connectivity index (χ1n) is 8.29. The number of hydrogen-bond donors (Lipinski definition) is 0. The number of benzene rings is 2. The zero-order valence-corrected chi connectivity index (χ0v) is 16.6. The molecule has 0 atom stereocenters. The summed E-state index contributed by atoms with van der Waals surface area (Å²) in [6.07, 6.45) is 0. The van der Waals surface area contributed by atoms with Gasteiger partial charge in [-0.25, -0.2) is 4.90 Å². The molecular weight excluding hydrogens is 435 g/mol. The van der Waals surface area contributed by atoms with E-state index in [1.54, 1.807) is 36.4 Å². The molecule has 5 rings (SSSR count). The van der Waals surface area contributed by atoms with E-state index < -0.39 is 17.4 Å². The van der Waals surface area contributed by atoms with E-state index >= 15 is 0 Å². The van der Waals surface area contributed by atoms with Gasteiger partial charge in [-0.15, -0.1) is 0 Å². The summed E-state index contributed by atoms with van der Waals surface area (Å²) in [5.74, 6) is -1.18. The maximum absolute atomic E-state index is 13.1. The molecule has 4 aromatic rings. The van der Waals surface area contributed by atoms with Gasteiger partial charge in [-0.2, -0.15) is 14.6 Å². The number of rotatable bonds is 2. The number of halogens is 2. The second kappa shape index (κ2) is 6.48. The van der Waals surface area contributed by atoms with E-state index in [0.29, 0.717) is 5.56 Å². The number of amides is 2. The largest absolute Gasteiger partial charge is 0.300 e. The molecule has 0 bridgehead atoms. The summed E-state index contributed by atoms with van der Waals surface area (Å²) in [6, 6.07) is 13.5. The zero-order chi connectivity index (χ0) is 20.3. The predicted octanol–water partition coefficient (Wildman–Crippen LogP) is 3.93. The van der Waals surface area contributed by atoms with Gasteiger partial charge in [-0.05, 0) is 12.1 Å². The van der Waals surface area contributed by atoms with Gasteiger partial charge >= 0.3 is 5.56 Å². The summed E-state index contributed by atoms with van der Waals surface area (Å²) < 4.78 is 1.24. The van der Waals surface area contributed by atoms with Crippen molar-refractivity contribution in [3.05, 3.63) is 79.5 Å². The molecule has 2 amide bonds. The lowest BCUT2D eigenvalue weighted by molar-refractivity contribution is 0.0924. The van der Waals surface area contributed by atoms with Crippen molar-refractivity contribution < 1.29 is 9.59 Å². The van der Waals surface area contributed by atoms with Crippen LogP contribution in [0.4, 0.5) is 5.69 Å². The number of thiazole rings is 1. The minimum absolute atomic E-state index is 0.0377. The molecule has 2 aromatic carbocycles. The number of aromatic nitrogens is 3. The average molecular weight is 443 g/mol. The van der Waals surface area contributed by atoms with Crippen LogP contribution in [0, 0.1) is 0 Å². The van der Waals surface area contributed by atoms with Gasteiger partial charge in [0.05, 0.1) is 15.7 Å². The predicted molar refractivity (Wildman–Crippen MR) is 110 cm³/mol. The number of anilines is 1. The Bertz CT molecular complexity index is 1400. The van der Waals surface area contributed by atoms with Crippen LogP contribution in [-0.4, -0.2) is 26.4 Å². The first-order chi connectivity index (χ1) is 14.0. The maximum Gasteiger partial charge on any atom is 0.300 e. The molecule has 0 spiro atoms. The Kier molecular flexibility index (Phi) is 4.02. The first kappa shape index (κ1) is 18.0. The molecule has 3 heterocycles. The molecule has 0 saturated heterocycles. The van der Waals surface area contributed by atoms with Crippen LogP contribution in [0.25, 0.3) is 16.2 Å². The van der Waals surface area contributed by atoms with E-state index in [1.807, 2.05) is 6.07 Å². The van der Waals surface area contributed by atoms with Crippen LogP contribution < -0.4 is 10.5 Å². The maximum atomic E-state index is 13.1. The fourth-order valence-electron chi connectivity index (χ4n) is 3.11. The van der Waals surface area contributed by atoms with Crippen LogP contribution >= 0.6 is 34.5 Å². The molecule has 1 aliphatic heterocycles. The lowest BCUT2D eigenvalue weighted by Gasteiger charge is -2.16. The molecular formula is C19H8Cl2N4O3S. The van der Waals surface area contributed by atoms with Crippen molar-refractivity contribution in [1.29, 1.82) is 0 Å². The third-order valence-corrected chi connectivity index (χ3v) is 6.25. The Hall–Kier alpha value is -3.07. The molecule has 7 nitrogen and oxygen atoms in total. The molecule has 0 radical (unpaired) electrons. The van der Waals surface area contributed by atoms with Crippen molar-refractivity contribution in [3.63, 3.8) is 0 Å². The standard InChI is InChI=1S/C19H8Cl2N4O3S/c20-10-7-4-8-11(12(10)21)24-17(27)14-15(18(24)28)29-19-22-16(26)13(23-25(14)19)9-5-2-1-3-6-9/h1-8H.